The first-order valence-corrected chi connectivity index (χ1v) is 3.70. The van der Waals surface area contributed by atoms with Gasteiger partial charge in [0, 0.05) is 13.2 Å². The van der Waals surface area contributed by atoms with E-state index in [1.165, 1.54) is 0 Å². The van der Waals surface area contributed by atoms with Crippen LogP contribution in [0.15, 0.2) is 0 Å². The van der Waals surface area contributed by atoms with Gasteiger partial charge in [0.2, 0.25) is 0 Å². The summed E-state index contributed by atoms with van der Waals surface area (Å²) in [5.41, 5.74) is 5.32. The van der Waals surface area contributed by atoms with Crippen LogP contribution in [0.4, 0.5) is 0 Å². The lowest BCUT2D eigenvalue weighted by Crippen LogP contribution is -2.21. The summed E-state index contributed by atoms with van der Waals surface area (Å²) in [7, 11) is 0. The largest absolute Gasteiger partial charge is 0.379 e. The van der Waals surface area contributed by atoms with Crippen molar-refractivity contribution in [2.75, 3.05) is 26.4 Å². The molecule has 0 fully saturated rings. The lowest BCUT2D eigenvalue weighted by Gasteiger charge is -2.09. The number of ether oxygens (including phenoxy) is 2. The van der Waals surface area contributed by atoms with Crippen molar-refractivity contribution in [1.82, 2.24) is 0 Å². The fraction of sp³-hybridized carbons (Fsp3) is 1.00. The fourth-order valence-corrected chi connectivity index (χ4v) is 0.521. The van der Waals surface area contributed by atoms with Crippen LogP contribution in [0.2, 0.25) is 0 Å². The van der Waals surface area contributed by atoms with Crippen molar-refractivity contribution >= 4 is 0 Å². The minimum Gasteiger partial charge on any atom is -0.379 e. The van der Waals surface area contributed by atoms with Crippen LogP contribution in [0.5, 0.6) is 0 Å². The molecule has 1 atom stereocenters. The zero-order valence-electron chi connectivity index (χ0n) is 6.80. The summed E-state index contributed by atoms with van der Waals surface area (Å²) in [6.07, 6.45) is 0.153. The maximum Gasteiger partial charge on any atom is 0.0704 e. The fourth-order valence-electron chi connectivity index (χ4n) is 0.521. The third-order valence-corrected chi connectivity index (χ3v) is 1.17. The first-order valence-electron chi connectivity index (χ1n) is 3.70. The standard InChI is InChI=1S/C7H17NO2/c1-3-9-4-5-10-7(2)6-8/h7H,3-6,8H2,1-2H3. The summed E-state index contributed by atoms with van der Waals surface area (Å²) >= 11 is 0. The summed E-state index contributed by atoms with van der Waals surface area (Å²) in [4.78, 5) is 0. The Hall–Kier alpha value is -0.120. The van der Waals surface area contributed by atoms with Crippen LogP contribution >= 0.6 is 0 Å². The quantitative estimate of drug-likeness (QED) is 0.553. The lowest BCUT2D eigenvalue weighted by atomic mass is 10.4. The molecule has 0 aromatic heterocycles. The molecule has 0 bridgehead atoms. The highest BCUT2D eigenvalue weighted by atomic mass is 16.5. The average Bonchev–Trinajstić information content (AvgIpc) is 1.98. The molecule has 0 spiro atoms. The zero-order chi connectivity index (χ0) is 7.82. The van der Waals surface area contributed by atoms with Gasteiger partial charge >= 0.3 is 0 Å². The van der Waals surface area contributed by atoms with E-state index in [0.29, 0.717) is 19.8 Å². The molecule has 0 aliphatic rings. The van der Waals surface area contributed by atoms with Crippen LogP contribution < -0.4 is 5.73 Å². The Morgan fingerprint density at radius 1 is 1.40 bits per heavy atom. The van der Waals surface area contributed by atoms with Gasteiger partial charge in [0.25, 0.3) is 0 Å². The lowest BCUT2D eigenvalue weighted by molar-refractivity contribution is 0.0192. The molecule has 0 aliphatic heterocycles. The van der Waals surface area contributed by atoms with E-state index in [4.69, 9.17) is 15.2 Å². The van der Waals surface area contributed by atoms with Crippen molar-refractivity contribution in [3.05, 3.63) is 0 Å². The molecule has 0 heterocycles. The maximum absolute atomic E-state index is 5.32. The Morgan fingerprint density at radius 3 is 2.60 bits per heavy atom. The van der Waals surface area contributed by atoms with Crippen LogP contribution in [0.3, 0.4) is 0 Å². The molecular formula is C7H17NO2. The van der Waals surface area contributed by atoms with Gasteiger partial charge in [-0.15, -0.1) is 0 Å². The monoisotopic (exact) mass is 147 g/mol. The van der Waals surface area contributed by atoms with Gasteiger partial charge in [-0.25, -0.2) is 0 Å². The van der Waals surface area contributed by atoms with Crippen molar-refractivity contribution in [3.63, 3.8) is 0 Å². The molecule has 0 aromatic carbocycles. The van der Waals surface area contributed by atoms with Gasteiger partial charge in [-0.2, -0.15) is 0 Å². The van der Waals surface area contributed by atoms with Gasteiger partial charge in [0.15, 0.2) is 0 Å². The molecule has 0 saturated carbocycles. The van der Waals surface area contributed by atoms with Crippen molar-refractivity contribution in [1.29, 1.82) is 0 Å². The minimum absolute atomic E-state index is 0.153. The summed E-state index contributed by atoms with van der Waals surface area (Å²) in [5, 5.41) is 0. The maximum atomic E-state index is 5.32. The second-order valence-corrected chi connectivity index (χ2v) is 2.11. The third-order valence-electron chi connectivity index (χ3n) is 1.17. The normalized spacial score (nSPS) is 13.5. The van der Waals surface area contributed by atoms with Gasteiger partial charge < -0.3 is 15.2 Å². The van der Waals surface area contributed by atoms with Gasteiger partial charge in [-0.05, 0) is 13.8 Å². The first-order chi connectivity index (χ1) is 4.81. The van der Waals surface area contributed by atoms with Gasteiger partial charge in [-0.3, -0.25) is 0 Å². The Labute approximate surface area is 62.5 Å². The van der Waals surface area contributed by atoms with Crippen LogP contribution in [0, 0.1) is 0 Å². The Morgan fingerprint density at radius 2 is 2.10 bits per heavy atom. The molecule has 0 saturated heterocycles. The Balaban J connectivity index is 2.89. The molecular weight excluding hydrogens is 130 g/mol. The van der Waals surface area contributed by atoms with E-state index >= 15 is 0 Å². The molecule has 0 rings (SSSR count). The van der Waals surface area contributed by atoms with Crippen molar-refractivity contribution in [2.24, 2.45) is 5.73 Å². The van der Waals surface area contributed by atoms with E-state index < -0.39 is 0 Å². The molecule has 0 amide bonds. The molecule has 3 heteroatoms. The molecule has 10 heavy (non-hydrogen) atoms. The summed E-state index contributed by atoms with van der Waals surface area (Å²) in [5.74, 6) is 0. The Kier molecular flexibility index (Phi) is 6.91. The summed E-state index contributed by atoms with van der Waals surface area (Å²) in [6.45, 7) is 6.55. The average molecular weight is 147 g/mol. The summed E-state index contributed by atoms with van der Waals surface area (Å²) < 4.78 is 10.3. The highest BCUT2D eigenvalue weighted by Crippen LogP contribution is 1.86. The van der Waals surface area contributed by atoms with Crippen molar-refractivity contribution < 1.29 is 9.47 Å². The van der Waals surface area contributed by atoms with Crippen LogP contribution in [-0.4, -0.2) is 32.5 Å². The molecule has 1 unspecified atom stereocenters. The molecule has 2 N–H and O–H groups in total. The van der Waals surface area contributed by atoms with E-state index in [1.807, 2.05) is 13.8 Å². The van der Waals surface area contributed by atoms with E-state index in [-0.39, 0.29) is 6.10 Å². The van der Waals surface area contributed by atoms with Crippen LogP contribution in [-0.2, 0) is 9.47 Å². The topological polar surface area (TPSA) is 44.5 Å². The SMILES string of the molecule is CCOCCOC(C)CN. The van der Waals surface area contributed by atoms with Crippen molar-refractivity contribution in [2.45, 2.75) is 20.0 Å². The predicted molar refractivity (Wildman–Crippen MR) is 41.0 cm³/mol. The van der Waals surface area contributed by atoms with Gasteiger partial charge in [0.1, 0.15) is 0 Å². The molecule has 62 valence electrons. The van der Waals surface area contributed by atoms with E-state index in [2.05, 4.69) is 0 Å². The van der Waals surface area contributed by atoms with E-state index in [1.54, 1.807) is 0 Å². The second-order valence-electron chi connectivity index (χ2n) is 2.11. The van der Waals surface area contributed by atoms with Crippen molar-refractivity contribution in [3.8, 4) is 0 Å². The highest BCUT2D eigenvalue weighted by molar-refractivity contribution is 4.47. The van der Waals surface area contributed by atoms with E-state index in [0.717, 1.165) is 6.61 Å². The second kappa shape index (κ2) is 6.99. The van der Waals surface area contributed by atoms with Gasteiger partial charge in [0.05, 0.1) is 19.3 Å². The molecule has 0 aromatic rings. The van der Waals surface area contributed by atoms with Gasteiger partial charge in [-0.1, -0.05) is 0 Å². The summed E-state index contributed by atoms with van der Waals surface area (Å²) in [6, 6.07) is 0. The smallest absolute Gasteiger partial charge is 0.0704 e. The molecule has 3 nitrogen and oxygen atoms in total. The first kappa shape index (κ1) is 9.88. The predicted octanol–water partition coefficient (Wildman–Crippen LogP) is 0.387. The minimum atomic E-state index is 0.153. The van der Waals surface area contributed by atoms with Crippen LogP contribution in [0.1, 0.15) is 13.8 Å². The van der Waals surface area contributed by atoms with Crippen LogP contribution in [0.25, 0.3) is 0 Å². The zero-order valence-corrected chi connectivity index (χ0v) is 6.80. The highest BCUT2D eigenvalue weighted by Gasteiger charge is 1.96. The Bertz CT molecular complexity index is 68.6. The number of rotatable bonds is 6. The number of hydrogen-bond donors (Lipinski definition) is 1. The number of hydrogen-bond acceptors (Lipinski definition) is 3. The van der Waals surface area contributed by atoms with E-state index in [9.17, 15) is 0 Å². The molecule has 0 aliphatic carbocycles. The third kappa shape index (κ3) is 6.01. The number of nitrogens with two attached hydrogens (primary N) is 1. The molecule has 0 radical (unpaired) electrons.